The zero-order chi connectivity index (χ0) is 24.2. The van der Waals surface area contributed by atoms with E-state index in [9.17, 15) is 9.59 Å². The average molecular weight is 475 g/mol. The molecule has 3 heterocycles. The average Bonchev–Trinajstić information content (AvgIpc) is 3.49. The van der Waals surface area contributed by atoms with Gasteiger partial charge in [0.15, 0.2) is 5.78 Å². The number of nitrogens with one attached hydrogen (secondary N) is 1. The second-order valence-corrected chi connectivity index (χ2v) is 9.93. The highest BCUT2D eigenvalue weighted by molar-refractivity contribution is 7.17. The number of allylic oxidation sites excluding steroid dienone is 1. The number of amides is 1. The molecule has 0 aliphatic carbocycles. The molecule has 4 rings (SSSR count). The molecule has 0 saturated heterocycles. The monoisotopic (exact) mass is 474 g/mol. The van der Waals surface area contributed by atoms with Crippen LogP contribution in [0.2, 0.25) is 0 Å². The lowest BCUT2D eigenvalue weighted by Gasteiger charge is -2.17. The van der Waals surface area contributed by atoms with Gasteiger partial charge in [0.2, 0.25) is 5.91 Å². The number of fused-ring (bicyclic) bond motifs is 1. The highest BCUT2D eigenvalue weighted by Crippen LogP contribution is 2.42. The summed E-state index contributed by atoms with van der Waals surface area (Å²) in [5.41, 5.74) is 5.26. The van der Waals surface area contributed by atoms with Crippen molar-refractivity contribution in [2.75, 3.05) is 6.54 Å². The van der Waals surface area contributed by atoms with Gasteiger partial charge in [-0.1, -0.05) is 19.9 Å². The maximum absolute atomic E-state index is 12.5. The van der Waals surface area contributed by atoms with Crippen molar-refractivity contribution in [1.82, 2.24) is 10.3 Å². The minimum Gasteiger partial charge on any atom is -0.488 e. The molecule has 5 nitrogen and oxygen atoms in total. The van der Waals surface area contributed by atoms with Gasteiger partial charge in [0, 0.05) is 29.8 Å². The molecule has 0 radical (unpaired) electrons. The van der Waals surface area contributed by atoms with Crippen LogP contribution in [0.1, 0.15) is 66.4 Å². The second kappa shape index (κ2) is 10.3. The maximum atomic E-state index is 12.5. The van der Waals surface area contributed by atoms with Crippen molar-refractivity contribution in [3.63, 3.8) is 0 Å². The van der Waals surface area contributed by atoms with Crippen LogP contribution in [0, 0.1) is 0 Å². The van der Waals surface area contributed by atoms with Crippen molar-refractivity contribution in [2.45, 2.75) is 52.6 Å². The summed E-state index contributed by atoms with van der Waals surface area (Å²) in [4.78, 5) is 30.2. The van der Waals surface area contributed by atoms with E-state index in [2.05, 4.69) is 36.3 Å². The maximum Gasteiger partial charge on any atom is 0.244 e. The molecule has 0 spiro atoms. The van der Waals surface area contributed by atoms with Crippen molar-refractivity contribution in [1.29, 1.82) is 0 Å². The Morgan fingerprint density at radius 3 is 2.76 bits per heavy atom. The molecule has 2 unspecified atom stereocenters. The normalized spacial score (nSPS) is 16.0. The fraction of sp³-hybridized carbons (Fsp3) is 0.321. The van der Waals surface area contributed by atoms with E-state index in [0.717, 1.165) is 50.6 Å². The Kier molecular flexibility index (Phi) is 7.27. The third kappa shape index (κ3) is 5.28. The number of aromatic nitrogens is 1. The molecular weight excluding hydrogens is 444 g/mol. The van der Waals surface area contributed by atoms with Gasteiger partial charge in [-0.3, -0.25) is 14.6 Å². The van der Waals surface area contributed by atoms with E-state index >= 15 is 0 Å². The quantitative estimate of drug-likeness (QED) is 0.319. The van der Waals surface area contributed by atoms with Crippen LogP contribution in [0.25, 0.3) is 16.0 Å². The number of hydrogen-bond donors (Lipinski definition) is 1. The van der Waals surface area contributed by atoms with Gasteiger partial charge in [-0.15, -0.1) is 11.3 Å². The summed E-state index contributed by atoms with van der Waals surface area (Å²) in [7, 11) is 0. The first-order chi connectivity index (χ1) is 16.4. The van der Waals surface area contributed by atoms with Crippen LogP contribution in [-0.4, -0.2) is 29.3 Å². The predicted octanol–water partition coefficient (Wildman–Crippen LogP) is 6.05. The van der Waals surface area contributed by atoms with Crippen molar-refractivity contribution < 1.29 is 14.3 Å². The van der Waals surface area contributed by atoms with Crippen LogP contribution in [0.3, 0.4) is 0 Å². The van der Waals surface area contributed by atoms with Crippen molar-refractivity contribution in [3.8, 4) is 16.2 Å². The Hall–Kier alpha value is -3.25. The zero-order valence-electron chi connectivity index (χ0n) is 20.1. The second-order valence-electron chi connectivity index (χ2n) is 8.84. The third-order valence-electron chi connectivity index (χ3n) is 6.28. The number of nitrogens with zero attached hydrogens (tertiary/aromatic N) is 1. The fourth-order valence-electron chi connectivity index (χ4n) is 4.13. The van der Waals surface area contributed by atoms with Gasteiger partial charge in [0.25, 0.3) is 0 Å². The smallest absolute Gasteiger partial charge is 0.244 e. The van der Waals surface area contributed by atoms with E-state index in [1.807, 2.05) is 31.2 Å². The van der Waals surface area contributed by atoms with Crippen molar-refractivity contribution >= 4 is 28.6 Å². The van der Waals surface area contributed by atoms with Gasteiger partial charge in [0.05, 0.1) is 11.4 Å². The Morgan fingerprint density at radius 2 is 2.09 bits per heavy atom. The fourth-order valence-corrected chi connectivity index (χ4v) is 5.02. The highest BCUT2D eigenvalue weighted by atomic mass is 32.1. The zero-order valence-corrected chi connectivity index (χ0v) is 20.9. The summed E-state index contributed by atoms with van der Waals surface area (Å²) in [5, 5.41) is 2.99. The number of carbonyl (C=O) groups excluding carboxylic acids is 2. The Balaban J connectivity index is 1.49. The summed E-state index contributed by atoms with van der Waals surface area (Å²) in [6.45, 7) is 8.32. The SMILES string of the molecule is CCC(C)c1cc(-c2ccc(C(C)=O)s2)cc2c1OC(CNC(=O)C=C(C)c1cccnc1)C2. The minimum absolute atomic E-state index is 0.0894. The number of ether oxygens (including phenoxy) is 1. The standard InChI is InChI=1S/C28H30N2O3S/c1-5-17(2)24-14-21(26-9-8-25(34-26)19(4)31)12-22-13-23(33-28(22)24)16-30-27(32)11-18(3)20-7-6-10-29-15-20/h6-12,14-15,17,23H,5,13,16H2,1-4H3,(H,30,32). The Morgan fingerprint density at radius 1 is 1.26 bits per heavy atom. The molecule has 1 aliphatic rings. The number of rotatable bonds is 8. The van der Waals surface area contributed by atoms with Crippen LogP contribution in [0.5, 0.6) is 5.75 Å². The molecule has 1 aliphatic heterocycles. The molecule has 176 valence electrons. The summed E-state index contributed by atoms with van der Waals surface area (Å²) in [6, 6.07) is 12.1. The topological polar surface area (TPSA) is 68.3 Å². The minimum atomic E-state index is -0.140. The Labute approximate surface area is 204 Å². The van der Waals surface area contributed by atoms with E-state index < -0.39 is 0 Å². The summed E-state index contributed by atoms with van der Waals surface area (Å²) >= 11 is 1.53. The lowest BCUT2D eigenvalue weighted by molar-refractivity contribution is -0.116. The van der Waals surface area contributed by atoms with Crippen LogP contribution >= 0.6 is 11.3 Å². The molecule has 1 amide bonds. The van der Waals surface area contributed by atoms with Gasteiger partial charge in [0.1, 0.15) is 11.9 Å². The lowest BCUT2D eigenvalue weighted by atomic mass is 9.92. The van der Waals surface area contributed by atoms with E-state index in [-0.39, 0.29) is 17.8 Å². The molecule has 0 fully saturated rings. The van der Waals surface area contributed by atoms with Gasteiger partial charge >= 0.3 is 0 Å². The lowest BCUT2D eigenvalue weighted by Crippen LogP contribution is -2.33. The van der Waals surface area contributed by atoms with Crippen LogP contribution < -0.4 is 10.1 Å². The van der Waals surface area contributed by atoms with Crippen molar-refractivity contribution in [3.05, 3.63) is 76.4 Å². The highest BCUT2D eigenvalue weighted by Gasteiger charge is 2.28. The molecule has 0 saturated carbocycles. The van der Waals surface area contributed by atoms with E-state index in [0.29, 0.717) is 12.5 Å². The van der Waals surface area contributed by atoms with Crippen LogP contribution in [0.15, 0.2) is 54.9 Å². The first kappa shape index (κ1) is 23.9. The molecule has 3 aromatic rings. The number of benzene rings is 1. The summed E-state index contributed by atoms with van der Waals surface area (Å²) < 4.78 is 6.34. The number of ketones is 1. The largest absolute Gasteiger partial charge is 0.488 e. The molecule has 2 aromatic heterocycles. The third-order valence-corrected chi connectivity index (χ3v) is 7.51. The summed E-state index contributed by atoms with van der Waals surface area (Å²) in [5.74, 6) is 1.24. The van der Waals surface area contributed by atoms with Gasteiger partial charge in [-0.2, -0.15) is 0 Å². The van der Waals surface area contributed by atoms with Gasteiger partial charge in [-0.25, -0.2) is 0 Å². The molecule has 2 atom stereocenters. The molecule has 1 aromatic carbocycles. The first-order valence-corrected chi connectivity index (χ1v) is 12.5. The molecule has 0 bridgehead atoms. The Bertz CT molecular complexity index is 1230. The summed E-state index contributed by atoms with van der Waals surface area (Å²) in [6.07, 6.45) is 6.69. The molecule has 6 heteroatoms. The van der Waals surface area contributed by atoms with E-state index in [1.54, 1.807) is 25.4 Å². The van der Waals surface area contributed by atoms with Crippen LogP contribution in [0.4, 0.5) is 0 Å². The van der Waals surface area contributed by atoms with Gasteiger partial charge < -0.3 is 10.1 Å². The predicted molar refractivity (Wildman–Crippen MR) is 137 cm³/mol. The molecule has 34 heavy (non-hydrogen) atoms. The first-order valence-electron chi connectivity index (χ1n) is 11.7. The molecular formula is C28H30N2O3S. The van der Waals surface area contributed by atoms with E-state index in [4.69, 9.17) is 4.74 Å². The van der Waals surface area contributed by atoms with Gasteiger partial charge in [-0.05, 0) is 84.3 Å². The number of carbonyl (C=O) groups is 2. The number of Topliss-reactive ketones (excluding diaryl/α,β-unsaturated/α-hetero) is 1. The van der Waals surface area contributed by atoms with E-state index in [1.165, 1.54) is 16.9 Å². The number of hydrogen-bond acceptors (Lipinski definition) is 5. The molecule has 1 N–H and O–H groups in total. The van der Waals surface area contributed by atoms with Crippen LogP contribution in [-0.2, 0) is 11.2 Å². The number of thiophene rings is 1. The van der Waals surface area contributed by atoms with Crippen molar-refractivity contribution in [2.24, 2.45) is 0 Å². The number of pyridine rings is 1.